The first kappa shape index (κ1) is 40.6. The van der Waals surface area contributed by atoms with Crippen molar-refractivity contribution >= 4 is 40.4 Å². The third-order valence-corrected chi connectivity index (χ3v) is 14.8. The summed E-state index contributed by atoms with van der Waals surface area (Å²) in [4.78, 5) is 74.0. The number of carbonyl (C=O) groups excluding carboxylic acids is 5. The van der Waals surface area contributed by atoms with E-state index in [1.807, 2.05) is 41.0 Å². The second kappa shape index (κ2) is 15.4. The topological polar surface area (TPSA) is 126 Å². The Bertz CT molecular complexity index is 2470. The van der Waals surface area contributed by atoms with Crippen LogP contribution in [-0.4, -0.2) is 98.8 Å². The molecule has 324 valence electrons. The van der Waals surface area contributed by atoms with E-state index in [9.17, 15) is 32.8 Å². The molecule has 62 heavy (non-hydrogen) atoms. The minimum Gasteiger partial charge on any atom is -0.357 e. The highest BCUT2D eigenvalue weighted by atomic mass is 19.3. The predicted octanol–water partition coefficient (Wildman–Crippen LogP) is 6.73. The molecule has 5 aliphatic heterocycles. The highest BCUT2D eigenvalue weighted by Gasteiger charge is 2.46. The molecule has 1 unspecified atom stereocenters. The van der Waals surface area contributed by atoms with E-state index in [4.69, 9.17) is 0 Å². The number of para-hydroxylation sites is 1. The van der Waals surface area contributed by atoms with Crippen molar-refractivity contribution in [3.05, 3.63) is 105 Å². The summed E-state index contributed by atoms with van der Waals surface area (Å²) >= 11 is 0. The minimum atomic E-state index is -2.67. The van der Waals surface area contributed by atoms with Gasteiger partial charge in [0, 0.05) is 60.8 Å². The van der Waals surface area contributed by atoms with Crippen LogP contribution in [0.4, 0.5) is 17.6 Å². The Labute approximate surface area is 355 Å². The number of fused-ring (bicyclic) bond motifs is 5. The van der Waals surface area contributed by atoms with Gasteiger partial charge in [-0.25, -0.2) is 17.6 Å². The average Bonchev–Trinajstić information content (AvgIpc) is 3.88. The van der Waals surface area contributed by atoms with Crippen LogP contribution in [-0.2, 0) is 33.9 Å². The number of alkyl halides is 2. The number of halogens is 4. The second-order valence-corrected chi connectivity index (χ2v) is 18.4. The van der Waals surface area contributed by atoms with Gasteiger partial charge >= 0.3 is 0 Å². The van der Waals surface area contributed by atoms with E-state index in [0.29, 0.717) is 43.9 Å². The molecule has 6 aliphatic rings. The molecule has 0 bridgehead atoms. The summed E-state index contributed by atoms with van der Waals surface area (Å²) in [5.74, 6) is -3.68. The quantitative estimate of drug-likeness (QED) is 0.156. The third-order valence-electron chi connectivity index (χ3n) is 14.8. The van der Waals surface area contributed by atoms with Crippen LogP contribution < -0.4 is 5.32 Å². The van der Waals surface area contributed by atoms with E-state index in [1.54, 1.807) is 12.1 Å². The molecule has 1 aliphatic carbocycles. The molecule has 15 heteroatoms. The molecule has 1 spiro atoms. The molecule has 1 saturated carbocycles. The van der Waals surface area contributed by atoms with Gasteiger partial charge in [-0.1, -0.05) is 18.2 Å². The predicted molar refractivity (Wildman–Crippen MR) is 219 cm³/mol. The number of likely N-dealkylation sites (tertiary alicyclic amines) is 1. The summed E-state index contributed by atoms with van der Waals surface area (Å²) < 4.78 is 60.6. The molecule has 4 aromatic rings. The van der Waals surface area contributed by atoms with Gasteiger partial charge in [0.05, 0.1) is 30.3 Å². The lowest BCUT2D eigenvalue weighted by Gasteiger charge is -2.46. The van der Waals surface area contributed by atoms with Crippen molar-refractivity contribution in [2.75, 3.05) is 26.2 Å². The number of H-pyrrole nitrogens is 1. The molecule has 2 N–H and O–H groups in total. The Hall–Kier alpha value is -5.41. The maximum Gasteiger partial charge on any atom is 0.262 e. The summed E-state index contributed by atoms with van der Waals surface area (Å²) in [7, 11) is 0. The summed E-state index contributed by atoms with van der Waals surface area (Å²) in [5, 5.41) is 3.15. The largest absolute Gasteiger partial charge is 0.357 e. The minimum absolute atomic E-state index is 0.00940. The molecule has 0 radical (unpaired) electrons. The first-order valence-electron chi connectivity index (χ1n) is 21.8. The Balaban J connectivity index is 0.758. The molecule has 5 amide bonds. The lowest BCUT2D eigenvalue weighted by Crippen LogP contribution is -2.54. The van der Waals surface area contributed by atoms with Gasteiger partial charge < -0.3 is 9.88 Å². The van der Waals surface area contributed by atoms with Gasteiger partial charge in [0.2, 0.25) is 17.7 Å². The normalized spacial score (nSPS) is 24.3. The van der Waals surface area contributed by atoms with Crippen LogP contribution in [0.15, 0.2) is 48.5 Å². The Morgan fingerprint density at radius 2 is 1.52 bits per heavy atom. The van der Waals surface area contributed by atoms with Crippen molar-refractivity contribution in [3.63, 3.8) is 0 Å². The lowest BCUT2D eigenvalue weighted by molar-refractivity contribution is -0.137. The first-order chi connectivity index (χ1) is 29.8. The average molecular weight is 853 g/mol. The summed E-state index contributed by atoms with van der Waals surface area (Å²) in [6, 6.07) is 11.4. The Kier molecular flexibility index (Phi) is 10.1. The molecule has 1 aromatic heterocycles. The number of hydrogen-bond acceptors (Lipinski definition) is 7. The molecule has 2 saturated heterocycles. The van der Waals surface area contributed by atoms with E-state index in [0.717, 1.165) is 71.0 Å². The standard InChI is InChI=1S/C47H48F4N6O5/c1-25-16-31-30-4-2-3-5-36(30)52-42(31)43(56(25)23-38(50)51)41-34(48)19-27(20-35(41)49)26-8-10-47(11-9-26)12-14-55(15-13-47)40(59)24-54-21-28-17-32-33(18-29(28)22-54)46(62)57(45(32)61)37-6-7-39(58)53-44(37)60/h2-5,17-20,25-26,37-38,43,52H,6-16,21-24H2,1H3,(H,53,58,60)/t25-,37?,43-/m1/s1. The number of aromatic amines is 1. The highest BCUT2D eigenvalue weighted by molar-refractivity contribution is 6.23. The number of benzene rings is 3. The zero-order valence-corrected chi connectivity index (χ0v) is 34.5. The fraction of sp³-hybridized carbons (Fsp3) is 0.468. The van der Waals surface area contributed by atoms with Crippen molar-refractivity contribution in [1.29, 1.82) is 0 Å². The van der Waals surface area contributed by atoms with Gasteiger partial charge in [0.1, 0.15) is 17.7 Å². The van der Waals surface area contributed by atoms with E-state index in [2.05, 4.69) is 10.3 Å². The van der Waals surface area contributed by atoms with E-state index in [-0.39, 0.29) is 59.4 Å². The zero-order valence-electron chi connectivity index (χ0n) is 34.5. The maximum atomic E-state index is 16.4. The molecule has 3 fully saturated rings. The highest BCUT2D eigenvalue weighted by Crippen LogP contribution is 2.50. The van der Waals surface area contributed by atoms with Crippen molar-refractivity contribution in [1.82, 2.24) is 29.9 Å². The van der Waals surface area contributed by atoms with Gasteiger partial charge in [-0.2, -0.15) is 0 Å². The van der Waals surface area contributed by atoms with Crippen LogP contribution in [0.2, 0.25) is 0 Å². The second-order valence-electron chi connectivity index (χ2n) is 18.4. The molecule has 11 nitrogen and oxygen atoms in total. The smallest absolute Gasteiger partial charge is 0.262 e. The Morgan fingerprint density at radius 3 is 2.15 bits per heavy atom. The summed E-state index contributed by atoms with van der Waals surface area (Å²) in [6.07, 6.45) is 2.86. The Morgan fingerprint density at radius 1 is 0.871 bits per heavy atom. The van der Waals surface area contributed by atoms with Gasteiger partial charge in [-0.15, -0.1) is 0 Å². The summed E-state index contributed by atoms with van der Waals surface area (Å²) in [6.45, 7) is 3.51. The number of piperidine rings is 2. The lowest BCUT2D eigenvalue weighted by atomic mass is 9.64. The van der Waals surface area contributed by atoms with Crippen LogP contribution in [0.3, 0.4) is 0 Å². The zero-order chi connectivity index (χ0) is 43.2. The molecular formula is C47H48F4N6O5. The van der Waals surface area contributed by atoms with Gasteiger partial charge in [-0.05, 0) is 122 Å². The van der Waals surface area contributed by atoms with Crippen molar-refractivity contribution in [2.45, 2.75) is 108 Å². The van der Waals surface area contributed by atoms with Gasteiger partial charge in [-0.3, -0.25) is 44.0 Å². The number of nitrogens with zero attached hydrogens (tertiary/aromatic N) is 4. The van der Waals surface area contributed by atoms with Crippen LogP contribution in [0.1, 0.15) is 124 Å². The number of amides is 5. The van der Waals surface area contributed by atoms with Gasteiger partial charge in [0.15, 0.2) is 0 Å². The fourth-order valence-corrected chi connectivity index (χ4v) is 11.5. The number of aromatic nitrogens is 1. The monoisotopic (exact) mass is 852 g/mol. The number of nitrogens with one attached hydrogen (secondary N) is 2. The van der Waals surface area contributed by atoms with Crippen molar-refractivity contribution in [3.8, 4) is 0 Å². The SMILES string of the molecule is C[C@@H]1Cc2c([nH]c3ccccc23)[C@@H](c2c(F)cc(C3CCC4(CC3)CCN(C(=O)CN3Cc5cc6c(cc5C3)C(=O)N(C3CCC(=O)NC3=O)C6=O)CC4)cc2F)N1CC(F)F. The molecule has 10 rings (SSSR count). The van der Waals surface area contributed by atoms with Gasteiger partial charge in [0.25, 0.3) is 18.2 Å². The third kappa shape index (κ3) is 6.91. The molecule has 3 aromatic carbocycles. The van der Waals surface area contributed by atoms with Crippen LogP contribution >= 0.6 is 0 Å². The first-order valence-corrected chi connectivity index (χ1v) is 21.8. The van der Waals surface area contributed by atoms with Crippen molar-refractivity contribution in [2.24, 2.45) is 5.41 Å². The summed E-state index contributed by atoms with van der Waals surface area (Å²) in [5.41, 5.74) is 4.86. The number of hydrogen-bond donors (Lipinski definition) is 2. The van der Waals surface area contributed by atoms with E-state index < -0.39 is 60.3 Å². The number of imide groups is 2. The number of rotatable bonds is 7. The van der Waals surface area contributed by atoms with Crippen LogP contribution in [0.25, 0.3) is 10.9 Å². The fourth-order valence-electron chi connectivity index (χ4n) is 11.5. The van der Waals surface area contributed by atoms with Crippen LogP contribution in [0, 0.1) is 17.0 Å². The van der Waals surface area contributed by atoms with Crippen molar-refractivity contribution < 1.29 is 41.5 Å². The van der Waals surface area contributed by atoms with E-state index in [1.165, 1.54) is 17.0 Å². The van der Waals surface area contributed by atoms with Crippen LogP contribution in [0.5, 0.6) is 0 Å². The molecule has 3 atom stereocenters. The number of carbonyl (C=O) groups is 5. The van der Waals surface area contributed by atoms with E-state index >= 15 is 8.78 Å². The molecular weight excluding hydrogens is 805 g/mol. The maximum absolute atomic E-state index is 16.4. The molecule has 6 heterocycles.